The topological polar surface area (TPSA) is 17.0 Å². The van der Waals surface area contributed by atoms with Gasteiger partial charge in [0, 0.05) is 22.9 Å². The highest BCUT2D eigenvalue weighted by molar-refractivity contribution is 6.13. The van der Waals surface area contributed by atoms with Gasteiger partial charge >= 0.3 is 0 Å². The van der Waals surface area contributed by atoms with E-state index in [1.54, 1.807) is 6.07 Å². The quantitative estimate of drug-likeness (QED) is 0.206. The van der Waals surface area contributed by atoms with Crippen LogP contribution < -0.4 is 4.57 Å². The van der Waals surface area contributed by atoms with Crippen LogP contribution in [0.3, 0.4) is 0 Å². The molecule has 2 nitrogen and oxygen atoms in total. The van der Waals surface area contributed by atoms with Gasteiger partial charge in [0.25, 0.3) is 0 Å². The number of aromatic nitrogens is 1. The predicted molar refractivity (Wildman–Crippen MR) is 164 cm³/mol. The molecular weight excluding hydrogens is 493 g/mol. The monoisotopic (exact) mass is 534 g/mol. The average Bonchev–Trinajstić information content (AvgIpc) is 3.24. The lowest BCUT2D eigenvalue weighted by atomic mass is 9.58. The van der Waals surface area contributed by atoms with Crippen molar-refractivity contribution >= 4 is 21.9 Å². The molecule has 0 saturated carbocycles. The van der Waals surface area contributed by atoms with Gasteiger partial charge in [0.05, 0.1) is 11.1 Å². The number of aryl methyl sites for hydroxylation is 2. The molecule has 206 valence electrons. The van der Waals surface area contributed by atoms with Gasteiger partial charge in [-0.25, -0.2) is 8.96 Å². The zero-order valence-corrected chi connectivity index (χ0v) is 25.4. The minimum atomic E-state index is -0.236. The van der Waals surface area contributed by atoms with E-state index in [1.807, 2.05) is 31.4 Å². The van der Waals surface area contributed by atoms with E-state index in [9.17, 15) is 0 Å². The summed E-state index contributed by atoms with van der Waals surface area (Å²) in [6.45, 7) is 18.3. The second-order valence-corrected chi connectivity index (χ2v) is 14.2. The van der Waals surface area contributed by atoms with Gasteiger partial charge in [-0.05, 0) is 82.0 Å². The lowest BCUT2D eigenvalue weighted by molar-refractivity contribution is -0.660. The molecule has 2 aromatic heterocycles. The van der Waals surface area contributed by atoms with Crippen molar-refractivity contribution in [2.75, 3.05) is 0 Å². The number of pyridine rings is 1. The van der Waals surface area contributed by atoms with E-state index in [1.165, 1.54) is 16.7 Å². The first-order chi connectivity index (χ1) is 18.7. The standard InChI is InChI=1S/C37H41FNO/c1-22-13-14-23-24-16-18-27(38)30(34(24)40-33(23)29(22)28-12-10-11-21-39(28)9)25-15-17-26(35(2,3)4)32-31(25)36(5,6)19-20-37(32,7)8/h10-18,21H,19-20H2,1-9H3/q+1. The summed E-state index contributed by atoms with van der Waals surface area (Å²) in [6, 6.07) is 18.4. The minimum absolute atomic E-state index is 0.00589. The highest BCUT2D eigenvalue weighted by Crippen LogP contribution is 2.54. The van der Waals surface area contributed by atoms with E-state index >= 15 is 4.39 Å². The molecule has 5 aromatic rings. The Hall–Kier alpha value is -3.46. The molecule has 0 N–H and O–H groups in total. The number of hydrogen-bond donors (Lipinski definition) is 0. The minimum Gasteiger partial charge on any atom is -0.454 e. The smallest absolute Gasteiger partial charge is 0.216 e. The van der Waals surface area contributed by atoms with E-state index in [2.05, 4.69) is 90.3 Å². The molecule has 1 aliphatic rings. The van der Waals surface area contributed by atoms with Crippen LogP contribution in [0.5, 0.6) is 0 Å². The fraction of sp³-hybridized carbons (Fsp3) is 0.378. The number of benzene rings is 3. The van der Waals surface area contributed by atoms with E-state index in [0.29, 0.717) is 11.1 Å². The second kappa shape index (κ2) is 8.77. The van der Waals surface area contributed by atoms with Gasteiger partial charge in [0.15, 0.2) is 6.20 Å². The summed E-state index contributed by atoms with van der Waals surface area (Å²) in [5.74, 6) is -0.236. The van der Waals surface area contributed by atoms with Crippen LogP contribution in [-0.4, -0.2) is 0 Å². The van der Waals surface area contributed by atoms with Gasteiger partial charge in [0.2, 0.25) is 5.69 Å². The van der Waals surface area contributed by atoms with Crippen molar-refractivity contribution in [2.24, 2.45) is 7.05 Å². The molecule has 0 spiro atoms. The molecule has 0 radical (unpaired) electrons. The summed E-state index contributed by atoms with van der Waals surface area (Å²) < 4.78 is 25.1. The average molecular weight is 535 g/mol. The van der Waals surface area contributed by atoms with E-state index in [-0.39, 0.29) is 22.1 Å². The molecule has 2 heterocycles. The maximum atomic E-state index is 16.2. The van der Waals surface area contributed by atoms with E-state index < -0.39 is 0 Å². The van der Waals surface area contributed by atoms with Crippen molar-refractivity contribution in [3.05, 3.63) is 88.9 Å². The fourth-order valence-electron chi connectivity index (χ4n) is 7.05. The molecule has 0 amide bonds. The molecule has 0 bridgehead atoms. The largest absolute Gasteiger partial charge is 0.454 e. The third-order valence-corrected chi connectivity index (χ3v) is 9.29. The van der Waals surface area contributed by atoms with Crippen molar-refractivity contribution in [3.8, 4) is 22.4 Å². The second-order valence-electron chi connectivity index (χ2n) is 14.2. The maximum Gasteiger partial charge on any atom is 0.216 e. The SMILES string of the molecule is Cc1ccc2c(oc3c(-c4ccc(C(C)(C)C)c5c4C(C)(C)CCC5(C)C)c(F)ccc32)c1-c1cccc[n+]1C. The summed E-state index contributed by atoms with van der Waals surface area (Å²) >= 11 is 0. The molecule has 0 fully saturated rings. The number of furan rings is 1. The summed E-state index contributed by atoms with van der Waals surface area (Å²) in [5.41, 5.74) is 10.1. The Bertz CT molecular complexity index is 1810. The highest BCUT2D eigenvalue weighted by Gasteiger charge is 2.42. The molecular formula is C37H41FNO+. The van der Waals surface area contributed by atoms with Crippen LogP contribution in [0.1, 0.15) is 83.6 Å². The molecule has 1 aliphatic carbocycles. The predicted octanol–water partition coefficient (Wildman–Crippen LogP) is 9.84. The van der Waals surface area contributed by atoms with Gasteiger partial charge in [-0.15, -0.1) is 0 Å². The van der Waals surface area contributed by atoms with Crippen LogP contribution in [0.4, 0.5) is 4.39 Å². The lowest BCUT2D eigenvalue weighted by Crippen LogP contribution is -2.37. The van der Waals surface area contributed by atoms with Crippen molar-refractivity contribution in [1.82, 2.24) is 0 Å². The highest BCUT2D eigenvalue weighted by atomic mass is 19.1. The van der Waals surface area contributed by atoms with Gasteiger partial charge in [-0.2, -0.15) is 0 Å². The fourth-order valence-corrected chi connectivity index (χ4v) is 7.05. The van der Waals surface area contributed by atoms with Crippen molar-refractivity contribution in [1.29, 1.82) is 0 Å². The molecule has 6 rings (SSSR count). The van der Waals surface area contributed by atoms with Crippen molar-refractivity contribution in [2.45, 2.75) is 84.5 Å². The Labute approximate surface area is 237 Å². The summed E-state index contributed by atoms with van der Waals surface area (Å²) in [7, 11) is 2.05. The van der Waals surface area contributed by atoms with E-state index in [0.717, 1.165) is 51.6 Å². The lowest BCUT2D eigenvalue weighted by Gasteiger charge is -2.46. The van der Waals surface area contributed by atoms with Crippen LogP contribution >= 0.6 is 0 Å². The van der Waals surface area contributed by atoms with Crippen LogP contribution in [-0.2, 0) is 23.3 Å². The molecule has 0 unspecified atom stereocenters. The van der Waals surface area contributed by atoms with E-state index in [4.69, 9.17) is 4.42 Å². The maximum absolute atomic E-state index is 16.2. The Morgan fingerprint density at radius 2 is 1.40 bits per heavy atom. The molecule has 0 aliphatic heterocycles. The third kappa shape index (κ3) is 3.92. The molecule has 40 heavy (non-hydrogen) atoms. The first-order valence-electron chi connectivity index (χ1n) is 14.5. The number of nitrogens with zero attached hydrogens (tertiary/aromatic N) is 1. The zero-order chi connectivity index (χ0) is 28.8. The first kappa shape index (κ1) is 26.7. The Kier molecular flexibility index (Phi) is 5.86. The van der Waals surface area contributed by atoms with Crippen molar-refractivity contribution in [3.63, 3.8) is 0 Å². The molecule has 0 atom stereocenters. The van der Waals surface area contributed by atoms with Crippen molar-refractivity contribution < 1.29 is 13.4 Å². The van der Waals surface area contributed by atoms with Crippen LogP contribution in [0.2, 0.25) is 0 Å². The summed E-state index contributed by atoms with van der Waals surface area (Å²) in [6.07, 6.45) is 4.21. The zero-order valence-electron chi connectivity index (χ0n) is 25.4. The molecule has 3 aromatic carbocycles. The number of rotatable bonds is 2. The first-order valence-corrected chi connectivity index (χ1v) is 14.5. The Balaban J connectivity index is 1.75. The van der Waals surface area contributed by atoms with Gasteiger partial charge in [-0.3, -0.25) is 0 Å². The third-order valence-electron chi connectivity index (χ3n) is 9.29. The van der Waals surface area contributed by atoms with Gasteiger partial charge in [0.1, 0.15) is 24.0 Å². The number of fused-ring (bicyclic) bond motifs is 4. The summed E-state index contributed by atoms with van der Waals surface area (Å²) in [5, 5.41) is 1.97. The van der Waals surface area contributed by atoms with Crippen LogP contribution in [0.15, 0.2) is 65.2 Å². The Morgan fingerprint density at radius 1 is 0.775 bits per heavy atom. The number of hydrogen-bond acceptors (Lipinski definition) is 1. The summed E-state index contributed by atoms with van der Waals surface area (Å²) in [4.78, 5) is 0. The molecule has 3 heteroatoms. The van der Waals surface area contributed by atoms with Crippen LogP contribution in [0.25, 0.3) is 44.3 Å². The van der Waals surface area contributed by atoms with Gasteiger partial charge < -0.3 is 4.42 Å². The van der Waals surface area contributed by atoms with Gasteiger partial charge in [-0.1, -0.05) is 72.7 Å². The normalized spacial score (nSPS) is 16.4. The number of halogens is 1. The van der Waals surface area contributed by atoms with Crippen LogP contribution in [0, 0.1) is 12.7 Å². The molecule has 0 saturated heterocycles. The Morgan fingerprint density at radius 3 is 2.05 bits per heavy atom.